The van der Waals surface area contributed by atoms with Crippen molar-refractivity contribution in [1.29, 1.82) is 0 Å². The van der Waals surface area contributed by atoms with Crippen LogP contribution < -0.4 is 11.3 Å². The maximum Gasteiger partial charge on any atom is 0.124 e. The van der Waals surface area contributed by atoms with Crippen LogP contribution >= 0.6 is 0 Å². The first-order valence-electron chi connectivity index (χ1n) is 5.87. The molecule has 0 aliphatic rings. The lowest BCUT2D eigenvalue weighted by Crippen LogP contribution is -2.47. The van der Waals surface area contributed by atoms with E-state index in [9.17, 15) is 0 Å². The Bertz CT molecular complexity index is 281. The van der Waals surface area contributed by atoms with Crippen molar-refractivity contribution in [2.24, 2.45) is 5.84 Å². The van der Waals surface area contributed by atoms with Gasteiger partial charge in [0.25, 0.3) is 0 Å². The molecule has 0 bridgehead atoms. The van der Waals surface area contributed by atoms with Crippen molar-refractivity contribution in [3.8, 4) is 0 Å². The molecule has 0 saturated heterocycles. The average molecular weight is 226 g/mol. The minimum absolute atomic E-state index is 0.113. The predicted molar refractivity (Wildman–Crippen MR) is 63.7 cm³/mol. The fourth-order valence-corrected chi connectivity index (χ4v) is 2.18. The lowest BCUT2D eigenvalue weighted by Gasteiger charge is -2.37. The van der Waals surface area contributed by atoms with Crippen LogP contribution in [-0.2, 0) is 4.74 Å². The third-order valence-electron chi connectivity index (χ3n) is 3.15. The van der Waals surface area contributed by atoms with E-state index in [-0.39, 0.29) is 11.6 Å². The van der Waals surface area contributed by atoms with E-state index >= 15 is 0 Å². The Labute approximate surface area is 97.1 Å². The highest BCUT2D eigenvalue weighted by Crippen LogP contribution is 2.35. The zero-order valence-corrected chi connectivity index (χ0v) is 10.3. The zero-order valence-electron chi connectivity index (χ0n) is 10.3. The molecular formula is C12H22N2O2. The standard InChI is InChI=1S/C12H22N2O2/c1-4-12(5-2,16-6-3)11(14-13)10-8-7-9-15-10/h7-9,11,14H,4-6,13H2,1-3H3. The minimum Gasteiger partial charge on any atom is -0.468 e. The molecule has 0 spiro atoms. The van der Waals surface area contributed by atoms with Gasteiger partial charge in [0.2, 0.25) is 0 Å². The Morgan fingerprint density at radius 2 is 2.12 bits per heavy atom. The van der Waals surface area contributed by atoms with E-state index in [1.807, 2.05) is 19.1 Å². The van der Waals surface area contributed by atoms with Crippen LogP contribution in [0, 0.1) is 0 Å². The summed E-state index contributed by atoms with van der Waals surface area (Å²) in [4.78, 5) is 0. The van der Waals surface area contributed by atoms with Crippen molar-refractivity contribution in [2.75, 3.05) is 6.61 Å². The van der Waals surface area contributed by atoms with Gasteiger partial charge in [-0.2, -0.15) is 0 Å². The third-order valence-corrected chi connectivity index (χ3v) is 3.15. The second kappa shape index (κ2) is 6.03. The molecule has 1 aromatic rings. The summed E-state index contributed by atoms with van der Waals surface area (Å²) in [5.74, 6) is 6.46. The molecule has 0 aliphatic carbocycles. The molecule has 0 saturated carbocycles. The van der Waals surface area contributed by atoms with Crippen molar-refractivity contribution in [3.63, 3.8) is 0 Å². The van der Waals surface area contributed by atoms with E-state index in [4.69, 9.17) is 15.0 Å². The summed E-state index contributed by atoms with van der Waals surface area (Å²) in [6, 6.07) is 3.67. The van der Waals surface area contributed by atoms with Gasteiger partial charge in [-0.05, 0) is 31.9 Å². The topological polar surface area (TPSA) is 60.4 Å². The van der Waals surface area contributed by atoms with Crippen LogP contribution in [0.5, 0.6) is 0 Å². The largest absolute Gasteiger partial charge is 0.468 e. The molecule has 0 aliphatic heterocycles. The molecule has 3 N–H and O–H groups in total. The van der Waals surface area contributed by atoms with E-state index in [1.54, 1.807) is 6.26 Å². The highest BCUT2D eigenvalue weighted by atomic mass is 16.5. The van der Waals surface area contributed by atoms with Crippen LogP contribution in [-0.4, -0.2) is 12.2 Å². The molecule has 1 aromatic heterocycles. The minimum atomic E-state index is -0.304. The third kappa shape index (κ3) is 2.45. The average Bonchev–Trinajstić information content (AvgIpc) is 2.82. The Kier molecular flexibility index (Phi) is 4.99. The Morgan fingerprint density at radius 3 is 2.50 bits per heavy atom. The monoisotopic (exact) mass is 226 g/mol. The SMILES string of the molecule is CCOC(CC)(CC)C(NN)c1ccco1. The molecule has 0 amide bonds. The Morgan fingerprint density at radius 1 is 1.44 bits per heavy atom. The van der Waals surface area contributed by atoms with Gasteiger partial charge in [-0.25, -0.2) is 5.43 Å². The van der Waals surface area contributed by atoms with Gasteiger partial charge in [-0.3, -0.25) is 5.84 Å². The van der Waals surface area contributed by atoms with Gasteiger partial charge in [0, 0.05) is 6.61 Å². The Balaban J connectivity index is 2.98. The smallest absolute Gasteiger partial charge is 0.124 e. The summed E-state index contributed by atoms with van der Waals surface area (Å²) in [7, 11) is 0. The van der Waals surface area contributed by atoms with E-state index in [1.165, 1.54) is 0 Å². The van der Waals surface area contributed by atoms with Crippen LogP contribution in [0.15, 0.2) is 22.8 Å². The number of furan rings is 1. The molecule has 92 valence electrons. The maximum absolute atomic E-state index is 5.90. The number of hydrazine groups is 1. The summed E-state index contributed by atoms with van der Waals surface area (Å²) < 4.78 is 11.3. The van der Waals surface area contributed by atoms with Crippen molar-refractivity contribution in [3.05, 3.63) is 24.2 Å². The van der Waals surface area contributed by atoms with E-state index in [0.717, 1.165) is 18.6 Å². The first kappa shape index (κ1) is 13.2. The number of nitrogens with two attached hydrogens (primary N) is 1. The molecule has 16 heavy (non-hydrogen) atoms. The lowest BCUT2D eigenvalue weighted by atomic mass is 9.87. The van der Waals surface area contributed by atoms with Gasteiger partial charge in [0.05, 0.1) is 11.9 Å². The quantitative estimate of drug-likeness (QED) is 0.553. The van der Waals surface area contributed by atoms with Crippen molar-refractivity contribution < 1.29 is 9.15 Å². The summed E-state index contributed by atoms with van der Waals surface area (Å²) in [6.07, 6.45) is 3.42. The van der Waals surface area contributed by atoms with Gasteiger partial charge in [-0.1, -0.05) is 13.8 Å². The first-order valence-corrected chi connectivity index (χ1v) is 5.87. The molecular weight excluding hydrogens is 204 g/mol. The fraction of sp³-hybridized carbons (Fsp3) is 0.667. The van der Waals surface area contributed by atoms with Crippen molar-refractivity contribution >= 4 is 0 Å². The van der Waals surface area contributed by atoms with Gasteiger partial charge in [0.1, 0.15) is 11.8 Å². The van der Waals surface area contributed by atoms with Crippen LogP contribution in [0.3, 0.4) is 0 Å². The molecule has 0 radical (unpaired) electrons. The van der Waals surface area contributed by atoms with E-state index in [0.29, 0.717) is 6.61 Å². The summed E-state index contributed by atoms with van der Waals surface area (Å²) in [6.45, 7) is 6.87. The number of hydrogen-bond acceptors (Lipinski definition) is 4. The second-order valence-electron chi connectivity index (χ2n) is 3.82. The maximum atomic E-state index is 5.90. The molecule has 1 heterocycles. The summed E-state index contributed by atoms with van der Waals surface area (Å²) >= 11 is 0. The molecule has 1 rings (SSSR count). The van der Waals surface area contributed by atoms with E-state index < -0.39 is 0 Å². The van der Waals surface area contributed by atoms with Gasteiger partial charge >= 0.3 is 0 Å². The molecule has 0 aromatic carbocycles. The predicted octanol–water partition coefficient (Wildman–Crippen LogP) is 2.38. The normalized spacial score (nSPS) is 14.0. The number of ether oxygens (including phenoxy) is 1. The van der Waals surface area contributed by atoms with Gasteiger partial charge < -0.3 is 9.15 Å². The molecule has 1 atom stereocenters. The van der Waals surface area contributed by atoms with Gasteiger partial charge in [0.15, 0.2) is 0 Å². The number of rotatable bonds is 7. The van der Waals surface area contributed by atoms with Crippen molar-refractivity contribution in [2.45, 2.75) is 45.3 Å². The highest BCUT2D eigenvalue weighted by molar-refractivity contribution is 5.10. The fourth-order valence-electron chi connectivity index (χ4n) is 2.18. The second-order valence-corrected chi connectivity index (χ2v) is 3.82. The van der Waals surface area contributed by atoms with Crippen LogP contribution in [0.25, 0.3) is 0 Å². The first-order chi connectivity index (χ1) is 7.74. The Hall–Kier alpha value is -0.840. The lowest BCUT2D eigenvalue weighted by molar-refractivity contribution is -0.0777. The summed E-state index contributed by atoms with van der Waals surface area (Å²) in [5, 5.41) is 0. The highest BCUT2D eigenvalue weighted by Gasteiger charge is 2.38. The summed E-state index contributed by atoms with van der Waals surface area (Å²) in [5.41, 5.74) is 2.51. The van der Waals surface area contributed by atoms with Crippen LogP contribution in [0.1, 0.15) is 45.4 Å². The molecule has 4 heteroatoms. The molecule has 0 fully saturated rings. The van der Waals surface area contributed by atoms with Crippen molar-refractivity contribution in [1.82, 2.24) is 5.43 Å². The van der Waals surface area contributed by atoms with E-state index in [2.05, 4.69) is 19.3 Å². The number of hydrogen-bond donors (Lipinski definition) is 2. The van der Waals surface area contributed by atoms with Crippen LogP contribution in [0.2, 0.25) is 0 Å². The molecule has 4 nitrogen and oxygen atoms in total. The van der Waals surface area contributed by atoms with Gasteiger partial charge in [-0.15, -0.1) is 0 Å². The molecule has 1 unspecified atom stereocenters. The number of nitrogens with one attached hydrogen (secondary N) is 1. The zero-order chi connectivity index (χ0) is 12.0. The van der Waals surface area contributed by atoms with Crippen LogP contribution in [0.4, 0.5) is 0 Å².